The van der Waals surface area contributed by atoms with Crippen LogP contribution in [0.4, 0.5) is 0 Å². The zero-order chi connectivity index (χ0) is 16.0. The molecule has 1 aromatic rings. The molecule has 1 rings (SSSR count). The second kappa shape index (κ2) is 7.60. The van der Waals surface area contributed by atoms with Gasteiger partial charge in [-0.05, 0) is 36.3 Å². The van der Waals surface area contributed by atoms with Crippen LogP contribution in [0.5, 0.6) is 0 Å². The molecule has 0 aliphatic rings. The number of hydrogen-bond acceptors (Lipinski definition) is 2. The van der Waals surface area contributed by atoms with Gasteiger partial charge in [0, 0.05) is 12.5 Å². The van der Waals surface area contributed by atoms with Crippen LogP contribution >= 0.6 is 0 Å². The highest BCUT2D eigenvalue weighted by molar-refractivity contribution is 5.77. The van der Waals surface area contributed by atoms with Gasteiger partial charge >= 0.3 is 0 Å². The van der Waals surface area contributed by atoms with Crippen LogP contribution in [-0.4, -0.2) is 11.9 Å². The molecule has 0 aromatic heterocycles. The van der Waals surface area contributed by atoms with E-state index in [1.165, 1.54) is 5.56 Å². The third-order valence-corrected chi connectivity index (χ3v) is 3.59. The lowest BCUT2D eigenvalue weighted by molar-refractivity contribution is -0.122. The Labute approximate surface area is 129 Å². The molecule has 1 amide bonds. The van der Waals surface area contributed by atoms with Gasteiger partial charge in [0.1, 0.15) is 0 Å². The van der Waals surface area contributed by atoms with E-state index in [-0.39, 0.29) is 23.4 Å². The van der Waals surface area contributed by atoms with Crippen molar-refractivity contribution >= 4 is 5.91 Å². The van der Waals surface area contributed by atoms with Gasteiger partial charge in [0.05, 0.1) is 6.04 Å². The summed E-state index contributed by atoms with van der Waals surface area (Å²) in [5.41, 5.74) is 8.65. The van der Waals surface area contributed by atoms with E-state index in [9.17, 15) is 4.79 Å². The van der Waals surface area contributed by atoms with Crippen LogP contribution in [0, 0.1) is 5.41 Å². The Hall–Kier alpha value is -1.35. The predicted molar refractivity (Wildman–Crippen MR) is 89.0 cm³/mol. The zero-order valence-corrected chi connectivity index (χ0v) is 14.1. The van der Waals surface area contributed by atoms with Gasteiger partial charge in [-0.2, -0.15) is 0 Å². The van der Waals surface area contributed by atoms with Gasteiger partial charge in [0.2, 0.25) is 5.91 Å². The summed E-state index contributed by atoms with van der Waals surface area (Å²) in [4.78, 5) is 12.1. The predicted octanol–water partition coefficient (Wildman–Crippen LogP) is 3.58. The summed E-state index contributed by atoms with van der Waals surface area (Å²) in [5.74, 6) is 0.0267. The van der Waals surface area contributed by atoms with Gasteiger partial charge in [0.25, 0.3) is 0 Å². The topological polar surface area (TPSA) is 55.1 Å². The molecule has 1 aromatic carbocycles. The van der Waals surface area contributed by atoms with Crippen LogP contribution in [0.2, 0.25) is 0 Å². The number of carbonyl (C=O) groups excluding carboxylic acids is 1. The van der Waals surface area contributed by atoms with E-state index in [0.717, 1.165) is 18.4 Å². The molecule has 0 radical (unpaired) electrons. The molecule has 3 N–H and O–H groups in total. The van der Waals surface area contributed by atoms with Gasteiger partial charge in [-0.3, -0.25) is 4.79 Å². The summed E-state index contributed by atoms with van der Waals surface area (Å²) in [6, 6.07) is 8.33. The van der Waals surface area contributed by atoms with E-state index in [2.05, 4.69) is 57.3 Å². The number of amides is 1. The van der Waals surface area contributed by atoms with Gasteiger partial charge in [-0.1, -0.05) is 52.0 Å². The lowest BCUT2D eigenvalue weighted by atomic mass is 9.87. The Bertz CT molecular complexity index is 445. The average molecular weight is 290 g/mol. The van der Waals surface area contributed by atoms with Crippen LogP contribution in [0.15, 0.2) is 24.3 Å². The monoisotopic (exact) mass is 290 g/mol. The highest BCUT2D eigenvalue weighted by Crippen LogP contribution is 2.21. The lowest BCUT2D eigenvalue weighted by Crippen LogP contribution is -2.35. The summed E-state index contributed by atoms with van der Waals surface area (Å²) in [7, 11) is 0. The first-order chi connectivity index (χ1) is 9.71. The zero-order valence-electron chi connectivity index (χ0n) is 14.1. The fraction of sp³-hybridized carbons (Fsp3) is 0.611. The Morgan fingerprint density at radius 2 is 1.81 bits per heavy atom. The maximum absolute atomic E-state index is 12.1. The normalized spacial score (nSPS) is 14.6. The molecule has 21 heavy (non-hydrogen) atoms. The summed E-state index contributed by atoms with van der Waals surface area (Å²) >= 11 is 0. The molecule has 2 unspecified atom stereocenters. The van der Waals surface area contributed by atoms with Crippen LogP contribution < -0.4 is 11.1 Å². The van der Waals surface area contributed by atoms with Crippen molar-refractivity contribution in [3.8, 4) is 0 Å². The molecule has 0 saturated carbocycles. The number of nitrogens with two attached hydrogens (primary N) is 1. The van der Waals surface area contributed by atoms with Crippen LogP contribution in [0.3, 0.4) is 0 Å². The highest BCUT2D eigenvalue weighted by Gasteiger charge is 2.19. The average Bonchev–Trinajstić information content (AvgIpc) is 2.36. The molecule has 0 heterocycles. The van der Waals surface area contributed by atoms with Crippen molar-refractivity contribution in [3.63, 3.8) is 0 Å². The van der Waals surface area contributed by atoms with Crippen LogP contribution in [-0.2, 0) is 11.2 Å². The summed E-state index contributed by atoms with van der Waals surface area (Å²) in [6.45, 7) is 10.6. The van der Waals surface area contributed by atoms with Crippen LogP contribution in [0.1, 0.15) is 64.6 Å². The molecule has 3 heteroatoms. The molecule has 0 aliphatic carbocycles. The number of benzene rings is 1. The summed E-state index contributed by atoms with van der Waals surface area (Å²) in [5, 5.41) is 3.03. The Kier molecular flexibility index (Phi) is 6.41. The molecule has 0 bridgehead atoms. The highest BCUT2D eigenvalue weighted by atomic mass is 16.1. The van der Waals surface area contributed by atoms with Crippen molar-refractivity contribution in [2.24, 2.45) is 11.1 Å². The number of carbonyl (C=O) groups is 1. The molecule has 0 aliphatic heterocycles. The molecule has 0 saturated heterocycles. The van der Waals surface area contributed by atoms with E-state index in [0.29, 0.717) is 6.42 Å². The largest absolute Gasteiger partial charge is 0.350 e. The van der Waals surface area contributed by atoms with Gasteiger partial charge in [-0.25, -0.2) is 0 Å². The van der Waals surface area contributed by atoms with Gasteiger partial charge < -0.3 is 11.1 Å². The van der Waals surface area contributed by atoms with E-state index in [1.807, 2.05) is 6.92 Å². The van der Waals surface area contributed by atoms with E-state index in [1.54, 1.807) is 0 Å². The summed E-state index contributed by atoms with van der Waals surface area (Å²) in [6.07, 6.45) is 2.26. The van der Waals surface area contributed by atoms with Gasteiger partial charge in [-0.15, -0.1) is 0 Å². The molecule has 0 fully saturated rings. The first-order valence-electron chi connectivity index (χ1n) is 7.85. The minimum Gasteiger partial charge on any atom is -0.350 e. The minimum absolute atomic E-state index is 0.0187. The summed E-state index contributed by atoms with van der Waals surface area (Å²) < 4.78 is 0. The number of aryl methyl sites for hydroxylation is 1. The smallest absolute Gasteiger partial charge is 0.222 e. The maximum Gasteiger partial charge on any atom is 0.222 e. The maximum atomic E-state index is 12.1. The third kappa shape index (κ3) is 6.76. The molecule has 2 atom stereocenters. The fourth-order valence-corrected chi connectivity index (χ4v) is 2.52. The standard InChI is InChI=1S/C18H30N2O/c1-6-14-7-9-15(10-8-14)13(2)20-17(21)11-16(19)12-18(3,4)5/h7-10,13,16H,6,11-12,19H2,1-5H3,(H,20,21). The first-order valence-corrected chi connectivity index (χ1v) is 7.85. The lowest BCUT2D eigenvalue weighted by Gasteiger charge is -2.23. The Morgan fingerprint density at radius 1 is 1.24 bits per heavy atom. The fourth-order valence-electron chi connectivity index (χ4n) is 2.52. The molecular weight excluding hydrogens is 260 g/mol. The molecule has 3 nitrogen and oxygen atoms in total. The SMILES string of the molecule is CCc1ccc(C(C)NC(=O)CC(N)CC(C)(C)C)cc1. The first kappa shape index (κ1) is 17.7. The van der Waals surface area contributed by atoms with Crippen molar-refractivity contribution < 1.29 is 4.79 Å². The van der Waals surface area contributed by atoms with Crippen LogP contribution in [0.25, 0.3) is 0 Å². The second-order valence-electron chi connectivity index (χ2n) is 7.11. The van der Waals surface area contributed by atoms with Crippen molar-refractivity contribution in [2.45, 2.75) is 66.0 Å². The second-order valence-corrected chi connectivity index (χ2v) is 7.11. The molecule has 118 valence electrons. The van der Waals surface area contributed by atoms with Crippen molar-refractivity contribution in [1.29, 1.82) is 0 Å². The Morgan fingerprint density at radius 3 is 2.29 bits per heavy atom. The van der Waals surface area contributed by atoms with Crippen molar-refractivity contribution in [2.75, 3.05) is 0 Å². The van der Waals surface area contributed by atoms with Crippen molar-refractivity contribution in [1.82, 2.24) is 5.32 Å². The third-order valence-electron chi connectivity index (χ3n) is 3.59. The number of rotatable bonds is 6. The number of hydrogen-bond donors (Lipinski definition) is 2. The molecular formula is C18H30N2O. The number of nitrogens with one attached hydrogen (secondary N) is 1. The van der Waals surface area contributed by atoms with E-state index < -0.39 is 0 Å². The molecule has 0 spiro atoms. The Balaban J connectivity index is 2.49. The minimum atomic E-state index is -0.0836. The van der Waals surface area contributed by atoms with E-state index in [4.69, 9.17) is 5.73 Å². The van der Waals surface area contributed by atoms with E-state index >= 15 is 0 Å². The van der Waals surface area contributed by atoms with Crippen molar-refractivity contribution in [3.05, 3.63) is 35.4 Å². The van der Waals surface area contributed by atoms with Gasteiger partial charge in [0.15, 0.2) is 0 Å². The quantitative estimate of drug-likeness (QED) is 0.841.